The molecule has 2 nitrogen and oxygen atoms in total. The van der Waals surface area contributed by atoms with E-state index in [-0.39, 0.29) is 0 Å². The molecule has 0 radical (unpaired) electrons. The monoisotopic (exact) mass is 222 g/mol. The van der Waals surface area contributed by atoms with Crippen molar-refractivity contribution in [2.75, 3.05) is 0 Å². The van der Waals surface area contributed by atoms with Gasteiger partial charge < -0.3 is 0 Å². The number of unbranched alkanes of at least 4 members (excludes halogenated alkanes) is 1. The molecule has 0 aliphatic carbocycles. The van der Waals surface area contributed by atoms with Gasteiger partial charge in [-0.25, -0.2) is 0 Å². The lowest BCUT2D eigenvalue weighted by atomic mass is 10.0. The van der Waals surface area contributed by atoms with Gasteiger partial charge in [0.25, 0.3) is 0 Å². The highest BCUT2D eigenvalue weighted by molar-refractivity contribution is 5.09. The van der Waals surface area contributed by atoms with Gasteiger partial charge in [-0.2, -0.15) is 10.2 Å². The van der Waals surface area contributed by atoms with Gasteiger partial charge in [-0.3, -0.25) is 0 Å². The summed E-state index contributed by atoms with van der Waals surface area (Å²) in [5.41, 5.74) is 1.22. The van der Waals surface area contributed by atoms with E-state index in [2.05, 4.69) is 44.0 Å². The molecule has 1 unspecified atom stereocenters. The molecule has 1 atom stereocenters. The SMILES string of the molecule is CC(C)CCCCC1=CC(CC(C)C)N=N1. The van der Waals surface area contributed by atoms with Gasteiger partial charge >= 0.3 is 0 Å². The Morgan fingerprint density at radius 3 is 2.50 bits per heavy atom. The zero-order chi connectivity index (χ0) is 12.0. The minimum atomic E-state index is 0.361. The fraction of sp³-hybridized carbons (Fsp3) is 0.857. The average Bonchev–Trinajstić information content (AvgIpc) is 2.59. The fourth-order valence-corrected chi connectivity index (χ4v) is 2.03. The van der Waals surface area contributed by atoms with Crippen LogP contribution in [0.5, 0.6) is 0 Å². The Kier molecular flexibility index (Phi) is 5.72. The maximum Gasteiger partial charge on any atom is 0.0916 e. The number of nitrogens with zero attached hydrogens (tertiary/aromatic N) is 2. The molecule has 0 bridgehead atoms. The van der Waals surface area contributed by atoms with Crippen molar-refractivity contribution in [3.8, 4) is 0 Å². The van der Waals surface area contributed by atoms with Crippen molar-refractivity contribution in [2.45, 2.75) is 65.8 Å². The van der Waals surface area contributed by atoms with E-state index >= 15 is 0 Å². The van der Waals surface area contributed by atoms with E-state index < -0.39 is 0 Å². The Morgan fingerprint density at radius 1 is 1.12 bits per heavy atom. The minimum absolute atomic E-state index is 0.361. The normalized spacial score (nSPS) is 19.9. The zero-order valence-electron chi connectivity index (χ0n) is 11.2. The van der Waals surface area contributed by atoms with Gasteiger partial charge in [0, 0.05) is 0 Å². The lowest BCUT2D eigenvalue weighted by Crippen LogP contribution is -2.01. The summed E-state index contributed by atoms with van der Waals surface area (Å²) >= 11 is 0. The first kappa shape index (κ1) is 13.4. The number of hydrogen-bond acceptors (Lipinski definition) is 2. The molecule has 2 heteroatoms. The fourth-order valence-electron chi connectivity index (χ4n) is 2.03. The standard InChI is InChI=1S/C14H26N2/c1-11(2)7-5-6-8-13-10-14(16-15-13)9-12(3)4/h10-12,14H,5-9H2,1-4H3. The number of hydrogen-bond donors (Lipinski definition) is 0. The molecule has 92 valence electrons. The van der Waals surface area contributed by atoms with Crippen LogP contribution in [0.15, 0.2) is 22.0 Å². The Hall–Kier alpha value is -0.660. The number of rotatable bonds is 7. The molecule has 0 aromatic rings. The van der Waals surface area contributed by atoms with Crippen LogP contribution in [0.2, 0.25) is 0 Å². The van der Waals surface area contributed by atoms with Crippen molar-refractivity contribution in [2.24, 2.45) is 22.1 Å². The summed E-state index contributed by atoms with van der Waals surface area (Å²) in [6, 6.07) is 0.361. The second kappa shape index (κ2) is 6.82. The average molecular weight is 222 g/mol. The zero-order valence-corrected chi connectivity index (χ0v) is 11.2. The van der Waals surface area contributed by atoms with Crippen molar-refractivity contribution in [1.29, 1.82) is 0 Å². The molecule has 16 heavy (non-hydrogen) atoms. The molecule has 0 spiro atoms. The maximum absolute atomic E-state index is 4.30. The quantitative estimate of drug-likeness (QED) is 0.543. The lowest BCUT2D eigenvalue weighted by molar-refractivity contribution is 0.537. The summed E-state index contributed by atoms with van der Waals surface area (Å²) in [5.74, 6) is 1.54. The smallest absolute Gasteiger partial charge is 0.0916 e. The third-order valence-corrected chi connectivity index (χ3v) is 2.90. The van der Waals surface area contributed by atoms with E-state index in [1.165, 1.54) is 25.0 Å². The molecule has 0 fully saturated rings. The van der Waals surface area contributed by atoms with Crippen molar-refractivity contribution in [3.63, 3.8) is 0 Å². The van der Waals surface area contributed by atoms with E-state index in [1.807, 2.05) is 0 Å². The highest BCUT2D eigenvalue weighted by Crippen LogP contribution is 2.23. The Balaban J connectivity index is 2.17. The van der Waals surface area contributed by atoms with Gasteiger partial charge in [0.2, 0.25) is 0 Å². The molecule has 0 aromatic carbocycles. The van der Waals surface area contributed by atoms with Crippen LogP contribution >= 0.6 is 0 Å². The van der Waals surface area contributed by atoms with E-state index in [4.69, 9.17) is 0 Å². The summed E-state index contributed by atoms with van der Waals surface area (Å²) in [5, 5.41) is 8.58. The highest BCUT2D eigenvalue weighted by Gasteiger charge is 2.13. The topological polar surface area (TPSA) is 24.7 Å². The first-order chi connectivity index (χ1) is 7.58. The summed E-state index contributed by atoms with van der Waals surface area (Å²) in [6.07, 6.45) is 8.43. The van der Waals surface area contributed by atoms with Crippen molar-refractivity contribution >= 4 is 0 Å². The predicted molar refractivity (Wildman–Crippen MR) is 69.5 cm³/mol. The van der Waals surface area contributed by atoms with Gasteiger partial charge in [0.15, 0.2) is 0 Å². The van der Waals surface area contributed by atoms with Crippen LogP contribution in [-0.4, -0.2) is 6.04 Å². The molecule has 0 saturated heterocycles. The van der Waals surface area contributed by atoms with E-state index in [1.54, 1.807) is 0 Å². The summed E-state index contributed by atoms with van der Waals surface area (Å²) < 4.78 is 0. The van der Waals surface area contributed by atoms with Crippen molar-refractivity contribution in [1.82, 2.24) is 0 Å². The summed E-state index contributed by atoms with van der Waals surface area (Å²) in [7, 11) is 0. The Bertz CT molecular complexity index is 251. The van der Waals surface area contributed by atoms with Gasteiger partial charge in [-0.1, -0.05) is 40.5 Å². The first-order valence-corrected chi connectivity index (χ1v) is 6.69. The first-order valence-electron chi connectivity index (χ1n) is 6.69. The predicted octanol–water partition coefficient (Wildman–Crippen LogP) is 4.97. The van der Waals surface area contributed by atoms with Crippen LogP contribution in [0.3, 0.4) is 0 Å². The Morgan fingerprint density at radius 2 is 1.88 bits per heavy atom. The molecule has 1 heterocycles. The van der Waals surface area contributed by atoms with Crippen LogP contribution in [0.25, 0.3) is 0 Å². The third kappa shape index (κ3) is 5.43. The van der Waals surface area contributed by atoms with Crippen molar-refractivity contribution < 1.29 is 0 Å². The second-order valence-corrected chi connectivity index (χ2v) is 5.71. The molecule has 0 aromatic heterocycles. The molecule has 0 N–H and O–H groups in total. The van der Waals surface area contributed by atoms with Crippen LogP contribution < -0.4 is 0 Å². The van der Waals surface area contributed by atoms with E-state index in [0.717, 1.165) is 18.8 Å². The minimum Gasteiger partial charge on any atom is -0.181 e. The van der Waals surface area contributed by atoms with Crippen LogP contribution in [-0.2, 0) is 0 Å². The lowest BCUT2D eigenvalue weighted by Gasteiger charge is -2.05. The molecular formula is C14H26N2. The summed E-state index contributed by atoms with van der Waals surface area (Å²) in [4.78, 5) is 0. The third-order valence-electron chi connectivity index (χ3n) is 2.90. The van der Waals surface area contributed by atoms with Crippen LogP contribution in [0.1, 0.15) is 59.8 Å². The molecule has 0 amide bonds. The van der Waals surface area contributed by atoms with E-state index in [0.29, 0.717) is 12.0 Å². The van der Waals surface area contributed by atoms with Crippen molar-refractivity contribution in [3.05, 3.63) is 11.8 Å². The van der Waals surface area contributed by atoms with Gasteiger partial charge in [-0.15, -0.1) is 0 Å². The molecule has 0 saturated carbocycles. The Labute approximate surface area is 100 Å². The van der Waals surface area contributed by atoms with Gasteiger partial charge in [-0.05, 0) is 37.2 Å². The second-order valence-electron chi connectivity index (χ2n) is 5.71. The number of azo groups is 1. The van der Waals surface area contributed by atoms with Gasteiger partial charge in [0.1, 0.15) is 0 Å². The molecule has 1 aliphatic heterocycles. The van der Waals surface area contributed by atoms with Gasteiger partial charge in [0.05, 0.1) is 11.7 Å². The molecular weight excluding hydrogens is 196 g/mol. The maximum atomic E-state index is 4.30. The number of allylic oxidation sites excluding steroid dienone is 1. The van der Waals surface area contributed by atoms with Crippen LogP contribution in [0.4, 0.5) is 0 Å². The highest BCUT2D eigenvalue weighted by atomic mass is 15.2. The van der Waals surface area contributed by atoms with E-state index in [9.17, 15) is 0 Å². The molecule has 1 aliphatic rings. The largest absolute Gasteiger partial charge is 0.181 e. The van der Waals surface area contributed by atoms with Crippen LogP contribution in [0, 0.1) is 11.8 Å². The molecule has 1 rings (SSSR count). The summed E-state index contributed by atoms with van der Waals surface area (Å²) in [6.45, 7) is 9.05.